The monoisotopic (exact) mass is 283 g/mol. The van der Waals surface area contributed by atoms with Gasteiger partial charge in [0.05, 0.1) is 17.8 Å². The van der Waals surface area contributed by atoms with E-state index in [1.54, 1.807) is 11.7 Å². The van der Waals surface area contributed by atoms with Gasteiger partial charge in [-0.1, -0.05) is 26.1 Å². The van der Waals surface area contributed by atoms with Crippen molar-refractivity contribution in [2.45, 2.75) is 20.8 Å². The molecular weight excluding hydrogens is 262 g/mol. The maximum Gasteiger partial charge on any atom is 0.239 e. The number of nitrogens with two attached hydrogens (primary N) is 1. The van der Waals surface area contributed by atoms with Crippen LogP contribution in [0.15, 0.2) is 0 Å². The number of rotatable bonds is 6. The summed E-state index contributed by atoms with van der Waals surface area (Å²) >= 11 is 5.00. The zero-order chi connectivity index (χ0) is 14.6. The van der Waals surface area contributed by atoms with Crippen LogP contribution in [0.3, 0.4) is 0 Å². The van der Waals surface area contributed by atoms with E-state index < -0.39 is 0 Å². The summed E-state index contributed by atoms with van der Waals surface area (Å²) in [4.78, 5) is 11.9. The van der Waals surface area contributed by atoms with E-state index in [0.29, 0.717) is 23.8 Å². The van der Waals surface area contributed by atoms with Gasteiger partial charge in [0.15, 0.2) is 0 Å². The number of aromatic nitrogens is 2. The summed E-state index contributed by atoms with van der Waals surface area (Å²) in [5.41, 5.74) is 7.11. The quantitative estimate of drug-likeness (QED) is 0.664. The van der Waals surface area contributed by atoms with E-state index in [4.69, 9.17) is 18.0 Å². The van der Waals surface area contributed by atoms with Gasteiger partial charge in [-0.3, -0.25) is 9.48 Å². The fourth-order valence-electron chi connectivity index (χ4n) is 1.70. The first-order chi connectivity index (χ1) is 8.82. The van der Waals surface area contributed by atoms with E-state index in [-0.39, 0.29) is 17.4 Å². The van der Waals surface area contributed by atoms with Crippen molar-refractivity contribution in [3.8, 4) is 0 Å². The van der Waals surface area contributed by atoms with Gasteiger partial charge in [-0.05, 0) is 12.8 Å². The van der Waals surface area contributed by atoms with E-state index in [1.807, 2.05) is 20.8 Å². The predicted octanol–water partition coefficient (Wildman–Crippen LogP) is 0.547. The highest BCUT2D eigenvalue weighted by Crippen LogP contribution is 2.18. The molecule has 1 aromatic heterocycles. The molecule has 1 aromatic rings. The van der Waals surface area contributed by atoms with Gasteiger partial charge in [-0.2, -0.15) is 5.10 Å². The minimum atomic E-state index is -0.0681. The molecule has 0 aliphatic rings. The predicted molar refractivity (Wildman–Crippen MR) is 80.2 cm³/mol. The van der Waals surface area contributed by atoms with Crippen molar-refractivity contribution in [1.82, 2.24) is 15.1 Å². The summed E-state index contributed by atoms with van der Waals surface area (Å²) in [6, 6.07) is 0. The highest BCUT2D eigenvalue weighted by Gasteiger charge is 2.16. The van der Waals surface area contributed by atoms with Crippen LogP contribution < -0.4 is 16.4 Å². The van der Waals surface area contributed by atoms with Gasteiger partial charge in [0.1, 0.15) is 10.8 Å². The molecule has 0 saturated carbocycles. The fourth-order valence-corrected chi connectivity index (χ4v) is 1.94. The maximum atomic E-state index is 11.7. The van der Waals surface area contributed by atoms with Crippen LogP contribution in [0.4, 0.5) is 5.82 Å². The number of carbonyl (C=O) groups excluding carboxylic acids is 1. The highest BCUT2D eigenvalue weighted by atomic mass is 32.1. The van der Waals surface area contributed by atoms with Crippen LogP contribution in [-0.2, 0) is 11.8 Å². The number of nitrogens with zero attached hydrogens (tertiary/aromatic N) is 2. The third kappa shape index (κ3) is 4.20. The van der Waals surface area contributed by atoms with Crippen molar-refractivity contribution < 1.29 is 4.79 Å². The molecule has 0 bridgehead atoms. The third-order valence-electron chi connectivity index (χ3n) is 2.59. The smallest absolute Gasteiger partial charge is 0.239 e. The molecule has 1 amide bonds. The van der Waals surface area contributed by atoms with Crippen molar-refractivity contribution in [2.75, 3.05) is 18.4 Å². The largest absolute Gasteiger partial charge is 0.389 e. The number of hydrogen-bond donors (Lipinski definition) is 3. The molecule has 0 saturated heterocycles. The normalized spacial score (nSPS) is 10.6. The Labute approximate surface area is 118 Å². The Kier molecular flexibility index (Phi) is 5.29. The SMILES string of the molecule is Cc1nn(C)c(NCC(=O)NCC(C)C)c1C(N)=S. The summed E-state index contributed by atoms with van der Waals surface area (Å²) in [6.07, 6.45) is 0. The first-order valence-corrected chi connectivity index (χ1v) is 6.57. The minimum Gasteiger partial charge on any atom is -0.389 e. The van der Waals surface area contributed by atoms with Crippen LogP contribution in [0.25, 0.3) is 0 Å². The number of carbonyl (C=O) groups is 1. The Morgan fingerprint density at radius 2 is 2.16 bits per heavy atom. The van der Waals surface area contributed by atoms with Crippen LogP contribution in [0, 0.1) is 12.8 Å². The molecule has 0 aromatic carbocycles. The van der Waals surface area contributed by atoms with E-state index in [0.717, 1.165) is 5.69 Å². The van der Waals surface area contributed by atoms with Crippen molar-refractivity contribution in [3.63, 3.8) is 0 Å². The van der Waals surface area contributed by atoms with Crippen LogP contribution in [0.5, 0.6) is 0 Å². The van der Waals surface area contributed by atoms with E-state index >= 15 is 0 Å². The summed E-state index contributed by atoms with van der Waals surface area (Å²) in [5.74, 6) is 1.03. The van der Waals surface area contributed by atoms with Crippen molar-refractivity contribution in [1.29, 1.82) is 0 Å². The molecule has 0 aliphatic heterocycles. The maximum absolute atomic E-state index is 11.7. The molecule has 6 nitrogen and oxygen atoms in total. The number of anilines is 1. The van der Waals surface area contributed by atoms with Crippen LogP contribution in [0.2, 0.25) is 0 Å². The lowest BCUT2D eigenvalue weighted by Crippen LogP contribution is -2.33. The Balaban J connectivity index is 2.68. The first kappa shape index (κ1) is 15.4. The van der Waals surface area contributed by atoms with Gasteiger partial charge < -0.3 is 16.4 Å². The highest BCUT2D eigenvalue weighted by molar-refractivity contribution is 7.80. The molecule has 0 spiro atoms. The molecule has 7 heteroatoms. The molecule has 0 atom stereocenters. The zero-order valence-corrected chi connectivity index (χ0v) is 12.6. The average molecular weight is 283 g/mol. The van der Waals surface area contributed by atoms with Gasteiger partial charge in [-0.25, -0.2) is 0 Å². The van der Waals surface area contributed by atoms with Gasteiger partial charge in [0.25, 0.3) is 0 Å². The molecule has 4 N–H and O–H groups in total. The lowest BCUT2D eigenvalue weighted by molar-refractivity contribution is -0.119. The molecule has 19 heavy (non-hydrogen) atoms. The van der Waals surface area contributed by atoms with E-state index in [1.165, 1.54) is 0 Å². The summed E-state index contributed by atoms with van der Waals surface area (Å²) in [5, 5.41) is 10.1. The van der Waals surface area contributed by atoms with Crippen molar-refractivity contribution in [2.24, 2.45) is 18.7 Å². The molecule has 106 valence electrons. The number of hydrogen-bond acceptors (Lipinski definition) is 4. The average Bonchev–Trinajstić information content (AvgIpc) is 2.58. The topological polar surface area (TPSA) is 85.0 Å². The number of aryl methyl sites for hydroxylation is 2. The Bertz CT molecular complexity index is 481. The van der Waals surface area contributed by atoms with Gasteiger partial charge in [-0.15, -0.1) is 0 Å². The third-order valence-corrected chi connectivity index (χ3v) is 2.80. The molecule has 1 rings (SSSR count). The summed E-state index contributed by atoms with van der Waals surface area (Å²) < 4.78 is 1.64. The second-order valence-corrected chi connectivity index (χ2v) is 5.29. The molecule has 0 aliphatic carbocycles. The van der Waals surface area contributed by atoms with Gasteiger partial charge in [0.2, 0.25) is 5.91 Å². The van der Waals surface area contributed by atoms with E-state index in [9.17, 15) is 4.79 Å². The summed E-state index contributed by atoms with van der Waals surface area (Å²) in [6.45, 7) is 6.75. The Morgan fingerprint density at radius 3 is 2.68 bits per heavy atom. The molecule has 0 unspecified atom stereocenters. The fraction of sp³-hybridized carbons (Fsp3) is 0.583. The first-order valence-electron chi connectivity index (χ1n) is 6.16. The minimum absolute atomic E-state index is 0.0681. The zero-order valence-electron chi connectivity index (χ0n) is 11.8. The second-order valence-electron chi connectivity index (χ2n) is 4.85. The standard InChI is InChI=1S/C12H21N5OS/c1-7(2)5-14-9(18)6-15-12-10(11(13)19)8(3)16-17(12)4/h7,15H,5-6H2,1-4H3,(H2,13,19)(H,14,18). The molecule has 0 radical (unpaired) electrons. The molecule has 0 fully saturated rings. The van der Waals surface area contributed by atoms with Gasteiger partial charge in [0, 0.05) is 13.6 Å². The lowest BCUT2D eigenvalue weighted by Gasteiger charge is -2.10. The summed E-state index contributed by atoms with van der Waals surface area (Å²) in [7, 11) is 1.78. The molecule has 1 heterocycles. The van der Waals surface area contributed by atoms with Gasteiger partial charge >= 0.3 is 0 Å². The van der Waals surface area contributed by atoms with Crippen molar-refractivity contribution in [3.05, 3.63) is 11.3 Å². The van der Waals surface area contributed by atoms with Crippen LogP contribution in [0.1, 0.15) is 25.1 Å². The Hall–Kier alpha value is -1.63. The van der Waals surface area contributed by atoms with Crippen LogP contribution in [-0.4, -0.2) is 33.8 Å². The number of nitrogens with one attached hydrogen (secondary N) is 2. The lowest BCUT2D eigenvalue weighted by atomic mass is 10.2. The number of thiocarbonyl (C=S) groups is 1. The Morgan fingerprint density at radius 1 is 1.53 bits per heavy atom. The van der Waals surface area contributed by atoms with Crippen LogP contribution >= 0.6 is 12.2 Å². The van der Waals surface area contributed by atoms with E-state index in [2.05, 4.69) is 15.7 Å². The second kappa shape index (κ2) is 6.51. The number of amides is 1. The van der Waals surface area contributed by atoms with Crippen molar-refractivity contribution >= 4 is 28.9 Å². The molecular formula is C12H21N5OS.